The van der Waals surface area contributed by atoms with Crippen molar-refractivity contribution in [2.24, 2.45) is 5.92 Å². The number of benzene rings is 1. The molecule has 1 heterocycles. The summed E-state index contributed by atoms with van der Waals surface area (Å²) in [7, 11) is 1.77. The van der Waals surface area contributed by atoms with Crippen LogP contribution in [0.15, 0.2) is 24.3 Å². The van der Waals surface area contributed by atoms with Crippen molar-refractivity contribution in [1.82, 2.24) is 10.2 Å². The summed E-state index contributed by atoms with van der Waals surface area (Å²) in [5.41, 5.74) is 0.826. The molecule has 0 aromatic heterocycles. The molecule has 0 aliphatic carbocycles. The smallest absolute Gasteiger partial charge is 0.227 e. The molecule has 3 nitrogen and oxygen atoms in total. The number of hydrogen-bond donors (Lipinski definition) is 1. The van der Waals surface area contributed by atoms with Crippen LogP contribution in [0.4, 0.5) is 4.39 Å². The van der Waals surface area contributed by atoms with Crippen molar-refractivity contribution in [2.75, 3.05) is 20.1 Å². The zero-order valence-electron chi connectivity index (χ0n) is 9.95. The van der Waals surface area contributed by atoms with Gasteiger partial charge < -0.3 is 10.2 Å². The van der Waals surface area contributed by atoms with Gasteiger partial charge >= 0.3 is 0 Å². The van der Waals surface area contributed by atoms with E-state index in [9.17, 15) is 9.18 Å². The van der Waals surface area contributed by atoms with Crippen LogP contribution in [0.2, 0.25) is 0 Å². The van der Waals surface area contributed by atoms with Gasteiger partial charge in [0.25, 0.3) is 0 Å². The van der Waals surface area contributed by atoms with Gasteiger partial charge in [0.15, 0.2) is 0 Å². The van der Waals surface area contributed by atoms with Crippen molar-refractivity contribution in [2.45, 2.75) is 13.0 Å². The number of hydrogen-bond acceptors (Lipinski definition) is 2. The van der Waals surface area contributed by atoms with Crippen molar-refractivity contribution in [3.63, 3.8) is 0 Å². The van der Waals surface area contributed by atoms with Crippen LogP contribution in [0.3, 0.4) is 0 Å². The molecular formula is C13H17FN2O. The van der Waals surface area contributed by atoms with Crippen molar-refractivity contribution >= 4 is 5.91 Å². The predicted molar refractivity (Wildman–Crippen MR) is 63.9 cm³/mol. The maximum Gasteiger partial charge on any atom is 0.227 e. The van der Waals surface area contributed by atoms with Gasteiger partial charge in [-0.15, -0.1) is 0 Å². The molecule has 4 heteroatoms. The maximum absolute atomic E-state index is 13.0. The van der Waals surface area contributed by atoms with Gasteiger partial charge in [-0.05, 0) is 30.7 Å². The highest BCUT2D eigenvalue weighted by Crippen LogP contribution is 2.13. The number of carbonyl (C=O) groups excluding carboxylic acids is 1. The van der Waals surface area contributed by atoms with Gasteiger partial charge in [0.1, 0.15) is 5.82 Å². The van der Waals surface area contributed by atoms with Crippen LogP contribution < -0.4 is 5.32 Å². The summed E-state index contributed by atoms with van der Waals surface area (Å²) >= 11 is 0. The van der Waals surface area contributed by atoms with E-state index >= 15 is 0 Å². The fourth-order valence-electron chi connectivity index (χ4n) is 2.16. The Morgan fingerprint density at radius 1 is 1.59 bits per heavy atom. The second kappa shape index (κ2) is 5.27. The number of rotatable bonds is 3. The molecule has 0 saturated carbocycles. The molecule has 1 aliphatic rings. The summed E-state index contributed by atoms with van der Waals surface area (Å²) in [5, 5.41) is 3.17. The average molecular weight is 236 g/mol. The van der Waals surface area contributed by atoms with Gasteiger partial charge in [-0.2, -0.15) is 0 Å². The number of nitrogens with zero attached hydrogens (tertiary/aromatic N) is 1. The Bertz CT molecular complexity index is 402. The highest BCUT2D eigenvalue weighted by Gasteiger charge is 2.25. The first-order chi connectivity index (χ1) is 8.16. The lowest BCUT2D eigenvalue weighted by Crippen LogP contribution is -2.33. The van der Waals surface area contributed by atoms with Gasteiger partial charge in [0, 0.05) is 20.1 Å². The lowest BCUT2D eigenvalue weighted by molar-refractivity contribution is -0.134. The summed E-state index contributed by atoms with van der Waals surface area (Å²) in [4.78, 5) is 13.7. The third kappa shape index (κ3) is 3.03. The van der Waals surface area contributed by atoms with E-state index in [0.717, 1.165) is 25.1 Å². The molecule has 1 aliphatic heterocycles. The average Bonchev–Trinajstić information content (AvgIpc) is 2.81. The zero-order chi connectivity index (χ0) is 12.3. The lowest BCUT2D eigenvalue weighted by Gasteiger charge is -2.20. The van der Waals surface area contributed by atoms with E-state index in [-0.39, 0.29) is 17.6 Å². The fraction of sp³-hybridized carbons (Fsp3) is 0.462. The largest absolute Gasteiger partial charge is 0.341 e. The second-order valence-corrected chi connectivity index (χ2v) is 4.51. The molecule has 1 unspecified atom stereocenters. The molecule has 0 bridgehead atoms. The number of halogens is 1. The Hall–Kier alpha value is -1.42. The maximum atomic E-state index is 13.0. The lowest BCUT2D eigenvalue weighted by atomic mass is 10.1. The molecule has 92 valence electrons. The molecule has 1 aromatic carbocycles. The first kappa shape index (κ1) is 12.0. The molecule has 1 amide bonds. The van der Waals surface area contributed by atoms with Gasteiger partial charge in [-0.1, -0.05) is 12.1 Å². The van der Waals surface area contributed by atoms with E-state index in [0.29, 0.717) is 6.54 Å². The van der Waals surface area contributed by atoms with Crippen LogP contribution in [0, 0.1) is 11.7 Å². The predicted octanol–water partition coefficient (Wildman–Crippen LogP) is 1.39. The van der Waals surface area contributed by atoms with Crippen LogP contribution in [-0.4, -0.2) is 30.9 Å². The van der Waals surface area contributed by atoms with E-state index in [1.807, 2.05) is 6.07 Å². The SMILES string of the molecule is CN(Cc1cccc(F)c1)C(=O)C1CCNC1. The molecule has 2 rings (SSSR count). The van der Waals surface area contributed by atoms with Gasteiger partial charge in [0.05, 0.1) is 5.92 Å². The molecule has 1 N–H and O–H groups in total. The number of nitrogens with one attached hydrogen (secondary N) is 1. The summed E-state index contributed by atoms with van der Waals surface area (Å²) in [6.07, 6.45) is 0.895. The summed E-state index contributed by atoms with van der Waals surface area (Å²) in [6, 6.07) is 6.38. The molecule has 17 heavy (non-hydrogen) atoms. The van der Waals surface area contributed by atoms with Crippen molar-refractivity contribution in [3.05, 3.63) is 35.6 Å². The van der Waals surface area contributed by atoms with Crippen LogP contribution in [-0.2, 0) is 11.3 Å². The molecule has 1 atom stereocenters. The molecule has 1 saturated heterocycles. The van der Waals surface area contributed by atoms with Crippen molar-refractivity contribution < 1.29 is 9.18 Å². The first-order valence-electron chi connectivity index (χ1n) is 5.87. The van der Waals surface area contributed by atoms with Crippen molar-refractivity contribution in [3.8, 4) is 0 Å². The van der Waals surface area contributed by atoms with Gasteiger partial charge in [-0.3, -0.25) is 4.79 Å². The second-order valence-electron chi connectivity index (χ2n) is 4.51. The van der Waals surface area contributed by atoms with Crippen LogP contribution in [0.25, 0.3) is 0 Å². The fourth-order valence-corrected chi connectivity index (χ4v) is 2.16. The minimum atomic E-state index is -0.258. The van der Waals surface area contributed by atoms with Crippen LogP contribution in [0.5, 0.6) is 0 Å². The molecule has 0 radical (unpaired) electrons. The molecule has 0 spiro atoms. The van der Waals surface area contributed by atoms with E-state index < -0.39 is 0 Å². The summed E-state index contributed by atoms with van der Waals surface area (Å²) < 4.78 is 13.0. The topological polar surface area (TPSA) is 32.3 Å². The van der Waals surface area contributed by atoms with Crippen LogP contribution >= 0.6 is 0 Å². The highest BCUT2D eigenvalue weighted by atomic mass is 19.1. The summed E-state index contributed by atoms with van der Waals surface area (Å²) in [5.74, 6) is -0.0429. The number of carbonyl (C=O) groups is 1. The Labute approximate surface area is 101 Å². The summed E-state index contributed by atoms with van der Waals surface area (Å²) in [6.45, 7) is 2.13. The minimum Gasteiger partial charge on any atom is -0.341 e. The Morgan fingerprint density at radius 2 is 2.41 bits per heavy atom. The highest BCUT2D eigenvalue weighted by molar-refractivity contribution is 5.79. The Morgan fingerprint density at radius 3 is 3.06 bits per heavy atom. The third-order valence-corrected chi connectivity index (χ3v) is 3.09. The van der Waals surface area contributed by atoms with Gasteiger partial charge in [0.2, 0.25) is 5.91 Å². The van der Waals surface area contributed by atoms with E-state index in [1.54, 1.807) is 18.0 Å². The number of amides is 1. The quantitative estimate of drug-likeness (QED) is 0.860. The Balaban J connectivity index is 1.96. The third-order valence-electron chi connectivity index (χ3n) is 3.09. The standard InChI is InChI=1S/C13H17FN2O/c1-16(13(17)11-5-6-15-8-11)9-10-3-2-4-12(14)7-10/h2-4,7,11,15H,5-6,8-9H2,1H3. The van der Waals surface area contributed by atoms with Gasteiger partial charge in [-0.25, -0.2) is 4.39 Å². The monoisotopic (exact) mass is 236 g/mol. The van der Waals surface area contributed by atoms with E-state index in [4.69, 9.17) is 0 Å². The normalized spacial score (nSPS) is 19.3. The van der Waals surface area contributed by atoms with E-state index in [2.05, 4.69) is 5.32 Å². The molecular weight excluding hydrogens is 219 g/mol. The minimum absolute atomic E-state index is 0.0774. The molecule has 1 aromatic rings. The first-order valence-corrected chi connectivity index (χ1v) is 5.87. The van der Waals surface area contributed by atoms with Crippen LogP contribution in [0.1, 0.15) is 12.0 Å². The van der Waals surface area contributed by atoms with E-state index in [1.165, 1.54) is 12.1 Å². The zero-order valence-corrected chi connectivity index (χ0v) is 9.95. The Kier molecular flexibility index (Phi) is 3.74. The van der Waals surface area contributed by atoms with Crippen molar-refractivity contribution in [1.29, 1.82) is 0 Å². The molecule has 1 fully saturated rings.